The van der Waals surface area contributed by atoms with Crippen molar-refractivity contribution in [3.8, 4) is 22.1 Å². The van der Waals surface area contributed by atoms with Gasteiger partial charge in [0.15, 0.2) is 11.5 Å². The van der Waals surface area contributed by atoms with Crippen LogP contribution in [0.3, 0.4) is 0 Å². The molecule has 0 saturated carbocycles. The third kappa shape index (κ3) is 4.92. The molecule has 1 amide bonds. The molecule has 0 bridgehead atoms. The number of nitrogens with zero attached hydrogens (tertiary/aromatic N) is 2. The first-order valence-corrected chi connectivity index (χ1v) is 12.4. The molecule has 30 heavy (non-hydrogen) atoms. The molecule has 6 nitrogen and oxygen atoms in total. The summed E-state index contributed by atoms with van der Waals surface area (Å²) in [5.74, 6) is 3.66. The molecule has 2 aliphatic rings. The van der Waals surface area contributed by atoms with Gasteiger partial charge in [-0.1, -0.05) is 0 Å². The predicted octanol–water partition coefficient (Wildman–Crippen LogP) is 3.88. The van der Waals surface area contributed by atoms with Crippen LogP contribution in [0.4, 0.5) is 0 Å². The van der Waals surface area contributed by atoms with E-state index in [0.717, 1.165) is 53.6 Å². The Balaban J connectivity index is 1.46. The fourth-order valence-corrected chi connectivity index (χ4v) is 6.02. The van der Waals surface area contributed by atoms with Gasteiger partial charge in [-0.15, -0.1) is 11.3 Å². The van der Waals surface area contributed by atoms with Crippen LogP contribution in [0.1, 0.15) is 25.0 Å². The molecule has 0 N–H and O–H groups in total. The SMILES string of the molecule is COc1ccc(-c2nc(CC(=O)N(CC3CCCO3)C3CCSC3)cs2)cc1OC. The van der Waals surface area contributed by atoms with Gasteiger partial charge in [0, 0.05) is 35.9 Å². The second-order valence-corrected chi connectivity index (χ2v) is 9.60. The Labute approximate surface area is 185 Å². The van der Waals surface area contributed by atoms with Gasteiger partial charge < -0.3 is 19.1 Å². The number of carbonyl (C=O) groups excluding carboxylic acids is 1. The second kappa shape index (κ2) is 10.0. The average Bonchev–Trinajstić information content (AvgIpc) is 3.54. The molecule has 2 aliphatic heterocycles. The maximum absolute atomic E-state index is 13.2. The van der Waals surface area contributed by atoms with Crippen molar-refractivity contribution in [2.45, 2.75) is 37.8 Å². The van der Waals surface area contributed by atoms with Gasteiger partial charge in [-0.25, -0.2) is 4.98 Å². The molecule has 4 rings (SSSR count). The summed E-state index contributed by atoms with van der Waals surface area (Å²) in [4.78, 5) is 20.0. The minimum absolute atomic E-state index is 0.155. The topological polar surface area (TPSA) is 60.9 Å². The Hall–Kier alpha value is -1.77. The number of hydrogen-bond acceptors (Lipinski definition) is 7. The number of benzene rings is 1. The summed E-state index contributed by atoms with van der Waals surface area (Å²) < 4.78 is 16.5. The highest BCUT2D eigenvalue weighted by Gasteiger charge is 2.31. The number of aromatic nitrogens is 1. The Kier molecular flexibility index (Phi) is 7.17. The van der Waals surface area contributed by atoms with Gasteiger partial charge in [0.05, 0.1) is 32.4 Å². The van der Waals surface area contributed by atoms with Gasteiger partial charge in [-0.2, -0.15) is 11.8 Å². The molecule has 2 unspecified atom stereocenters. The van der Waals surface area contributed by atoms with Crippen molar-refractivity contribution in [3.63, 3.8) is 0 Å². The number of carbonyl (C=O) groups is 1. The lowest BCUT2D eigenvalue weighted by Gasteiger charge is -2.30. The Morgan fingerprint density at radius 1 is 1.27 bits per heavy atom. The Morgan fingerprint density at radius 3 is 2.83 bits per heavy atom. The number of hydrogen-bond donors (Lipinski definition) is 0. The first-order valence-electron chi connectivity index (χ1n) is 10.3. The smallest absolute Gasteiger partial charge is 0.228 e. The van der Waals surface area contributed by atoms with E-state index in [-0.39, 0.29) is 12.0 Å². The molecule has 3 heterocycles. The standard InChI is InChI=1S/C22H28N2O4S2/c1-26-19-6-5-15(10-20(19)27-2)22-23-16(13-30-22)11-21(25)24(17-7-9-29-14-17)12-18-4-3-8-28-18/h5-6,10,13,17-18H,3-4,7-9,11-12,14H2,1-2H3. The maximum atomic E-state index is 13.2. The lowest BCUT2D eigenvalue weighted by atomic mass is 10.1. The highest BCUT2D eigenvalue weighted by atomic mass is 32.2. The van der Waals surface area contributed by atoms with E-state index in [0.29, 0.717) is 30.5 Å². The van der Waals surface area contributed by atoms with Crippen molar-refractivity contribution in [1.82, 2.24) is 9.88 Å². The van der Waals surface area contributed by atoms with Crippen molar-refractivity contribution in [1.29, 1.82) is 0 Å². The molecule has 2 fully saturated rings. The lowest BCUT2D eigenvalue weighted by molar-refractivity contribution is -0.134. The summed E-state index contributed by atoms with van der Waals surface area (Å²) in [6, 6.07) is 6.07. The third-order valence-corrected chi connectivity index (χ3v) is 7.69. The van der Waals surface area contributed by atoms with Crippen molar-refractivity contribution in [3.05, 3.63) is 29.3 Å². The quantitative estimate of drug-likeness (QED) is 0.611. The van der Waals surface area contributed by atoms with E-state index in [9.17, 15) is 4.79 Å². The first-order chi connectivity index (χ1) is 14.7. The molecule has 2 atom stereocenters. The second-order valence-electron chi connectivity index (χ2n) is 7.59. The van der Waals surface area contributed by atoms with Gasteiger partial charge in [0.2, 0.25) is 5.91 Å². The molecule has 0 spiro atoms. The first kappa shape index (κ1) is 21.5. The number of rotatable bonds is 8. The van der Waals surface area contributed by atoms with Gasteiger partial charge >= 0.3 is 0 Å². The molecule has 8 heteroatoms. The van der Waals surface area contributed by atoms with Crippen molar-refractivity contribution in [2.24, 2.45) is 0 Å². The van der Waals surface area contributed by atoms with E-state index >= 15 is 0 Å². The molecule has 2 aromatic rings. The van der Waals surface area contributed by atoms with Crippen LogP contribution in [0.25, 0.3) is 10.6 Å². The summed E-state index contributed by atoms with van der Waals surface area (Å²) >= 11 is 3.48. The van der Waals surface area contributed by atoms with Crippen LogP contribution in [-0.2, 0) is 16.0 Å². The summed E-state index contributed by atoms with van der Waals surface area (Å²) in [6.45, 7) is 1.52. The largest absolute Gasteiger partial charge is 0.493 e. The zero-order chi connectivity index (χ0) is 20.9. The molecule has 1 aromatic carbocycles. The number of amides is 1. The molecular weight excluding hydrogens is 420 g/mol. The summed E-state index contributed by atoms with van der Waals surface area (Å²) in [5, 5.41) is 2.86. The monoisotopic (exact) mass is 448 g/mol. The summed E-state index contributed by atoms with van der Waals surface area (Å²) in [7, 11) is 3.24. The van der Waals surface area contributed by atoms with Crippen LogP contribution < -0.4 is 9.47 Å². The third-order valence-electron chi connectivity index (χ3n) is 5.61. The highest BCUT2D eigenvalue weighted by Crippen LogP contribution is 2.34. The molecule has 162 valence electrons. The minimum Gasteiger partial charge on any atom is -0.493 e. The summed E-state index contributed by atoms with van der Waals surface area (Å²) in [5.41, 5.74) is 1.78. The maximum Gasteiger partial charge on any atom is 0.228 e. The van der Waals surface area contributed by atoms with E-state index in [4.69, 9.17) is 19.2 Å². The van der Waals surface area contributed by atoms with E-state index in [1.165, 1.54) is 0 Å². The Bertz CT molecular complexity index is 861. The van der Waals surface area contributed by atoms with Gasteiger partial charge in [-0.05, 0) is 43.2 Å². The molecule has 0 aliphatic carbocycles. The predicted molar refractivity (Wildman–Crippen MR) is 121 cm³/mol. The molecular formula is C22H28N2O4S2. The number of ether oxygens (including phenoxy) is 3. The highest BCUT2D eigenvalue weighted by molar-refractivity contribution is 7.99. The number of methoxy groups -OCH3 is 2. The van der Waals surface area contributed by atoms with Crippen molar-refractivity contribution >= 4 is 29.0 Å². The minimum atomic E-state index is 0.155. The fraction of sp³-hybridized carbons (Fsp3) is 0.545. The zero-order valence-electron chi connectivity index (χ0n) is 17.5. The van der Waals surface area contributed by atoms with Crippen LogP contribution in [-0.4, -0.2) is 66.8 Å². The molecule has 1 aromatic heterocycles. The number of thiazole rings is 1. The van der Waals surface area contributed by atoms with Crippen LogP contribution in [0.5, 0.6) is 11.5 Å². The van der Waals surface area contributed by atoms with E-state index in [1.807, 2.05) is 35.3 Å². The lowest BCUT2D eigenvalue weighted by Crippen LogP contribution is -2.45. The van der Waals surface area contributed by atoms with E-state index in [1.54, 1.807) is 25.6 Å². The van der Waals surface area contributed by atoms with Crippen LogP contribution in [0.15, 0.2) is 23.6 Å². The van der Waals surface area contributed by atoms with Gasteiger partial charge in [0.25, 0.3) is 0 Å². The van der Waals surface area contributed by atoms with Crippen molar-refractivity contribution in [2.75, 3.05) is 38.9 Å². The van der Waals surface area contributed by atoms with Gasteiger partial charge in [-0.3, -0.25) is 4.79 Å². The zero-order valence-corrected chi connectivity index (χ0v) is 19.1. The average molecular weight is 449 g/mol. The normalized spacial score (nSPS) is 21.0. The molecule has 2 saturated heterocycles. The molecule has 0 radical (unpaired) electrons. The number of thioether (sulfide) groups is 1. The van der Waals surface area contributed by atoms with Crippen LogP contribution in [0, 0.1) is 0 Å². The Morgan fingerprint density at radius 2 is 2.13 bits per heavy atom. The van der Waals surface area contributed by atoms with Gasteiger partial charge in [0.1, 0.15) is 5.01 Å². The van der Waals surface area contributed by atoms with Crippen LogP contribution >= 0.6 is 23.1 Å². The fourth-order valence-electron chi connectivity index (χ4n) is 3.98. The van der Waals surface area contributed by atoms with E-state index in [2.05, 4.69) is 4.90 Å². The summed E-state index contributed by atoms with van der Waals surface area (Å²) in [6.07, 6.45) is 3.71. The van der Waals surface area contributed by atoms with Crippen molar-refractivity contribution < 1.29 is 19.0 Å². The van der Waals surface area contributed by atoms with E-state index < -0.39 is 0 Å². The van der Waals surface area contributed by atoms with Crippen LogP contribution in [0.2, 0.25) is 0 Å².